The first-order chi connectivity index (χ1) is 17.0. The molecule has 1 saturated heterocycles. The minimum atomic E-state index is -1.55. The number of anilines is 1. The van der Waals surface area contributed by atoms with Crippen molar-refractivity contribution in [1.29, 1.82) is 0 Å². The van der Waals surface area contributed by atoms with Crippen molar-refractivity contribution >= 4 is 21.2 Å². The van der Waals surface area contributed by atoms with Crippen molar-refractivity contribution in [2.75, 3.05) is 18.1 Å². The lowest BCUT2D eigenvalue weighted by molar-refractivity contribution is -0.120. The Bertz CT molecular complexity index is 1190. The first-order valence-electron chi connectivity index (χ1n) is 11.1. The molecule has 1 amide bonds. The van der Waals surface area contributed by atoms with Gasteiger partial charge in [-0.05, 0) is 36.6 Å². The fourth-order valence-corrected chi connectivity index (χ4v) is 4.50. The molecule has 0 saturated carbocycles. The highest BCUT2D eigenvalue weighted by molar-refractivity contribution is 6.33. The SMILES string of the molecule is C[Si]CCOCn1nc(N2CCC(Cc3ccc(F)c(F)c3F)C2=O)c(CO)c1-c1ccnnc1. The largest absolute Gasteiger partial charge is 0.391 e. The second kappa shape index (κ2) is 11.1. The van der Waals surface area contributed by atoms with Gasteiger partial charge in [0.05, 0.1) is 24.7 Å². The number of rotatable bonds is 10. The number of aliphatic hydroxyl groups is 1. The van der Waals surface area contributed by atoms with E-state index in [1.165, 1.54) is 17.3 Å². The lowest BCUT2D eigenvalue weighted by Crippen LogP contribution is -2.29. The number of carbonyl (C=O) groups is 1. The summed E-state index contributed by atoms with van der Waals surface area (Å²) in [7, 11) is 0.745. The summed E-state index contributed by atoms with van der Waals surface area (Å²) >= 11 is 0. The molecule has 0 bridgehead atoms. The molecule has 1 atom stereocenters. The molecule has 35 heavy (non-hydrogen) atoms. The number of ether oxygens (including phenoxy) is 1. The number of aromatic nitrogens is 4. The zero-order valence-corrected chi connectivity index (χ0v) is 20.0. The number of hydrogen-bond donors (Lipinski definition) is 1. The first kappa shape index (κ1) is 25.0. The molecule has 3 heterocycles. The summed E-state index contributed by atoms with van der Waals surface area (Å²) < 4.78 is 48.4. The lowest BCUT2D eigenvalue weighted by atomic mass is 9.97. The third-order valence-corrected chi connectivity index (χ3v) is 6.61. The predicted molar refractivity (Wildman–Crippen MR) is 122 cm³/mol. The molecular formula is C23H24F3N5O3Si. The summed E-state index contributed by atoms with van der Waals surface area (Å²) in [4.78, 5) is 14.7. The number of amides is 1. The van der Waals surface area contributed by atoms with Gasteiger partial charge in [0.25, 0.3) is 0 Å². The van der Waals surface area contributed by atoms with E-state index in [0.717, 1.165) is 27.7 Å². The summed E-state index contributed by atoms with van der Waals surface area (Å²) in [6.07, 6.45) is 3.34. The Hall–Kier alpha value is -3.09. The van der Waals surface area contributed by atoms with Gasteiger partial charge in [-0.1, -0.05) is 12.6 Å². The van der Waals surface area contributed by atoms with Gasteiger partial charge in [-0.2, -0.15) is 15.3 Å². The first-order valence-corrected chi connectivity index (χ1v) is 12.8. The maximum atomic E-state index is 14.2. The van der Waals surface area contributed by atoms with Crippen LogP contribution in [0.3, 0.4) is 0 Å². The van der Waals surface area contributed by atoms with E-state index in [4.69, 9.17) is 4.74 Å². The van der Waals surface area contributed by atoms with Crippen molar-refractivity contribution in [2.24, 2.45) is 5.92 Å². The summed E-state index contributed by atoms with van der Waals surface area (Å²) in [6, 6.07) is 4.63. The van der Waals surface area contributed by atoms with Gasteiger partial charge in [0.1, 0.15) is 6.73 Å². The molecule has 0 aliphatic carbocycles. The van der Waals surface area contributed by atoms with Crippen LogP contribution in [0.25, 0.3) is 11.3 Å². The summed E-state index contributed by atoms with van der Waals surface area (Å²) in [5.41, 5.74) is 1.56. The predicted octanol–water partition coefficient (Wildman–Crippen LogP) is 2.99. The highest BCUT2D eigenvalue weighted by Crippen LogP contribution is 2.35. The molecule has 1 aliphatic rings. The van der Waals surface area contributed by atoms with Crippen molar-refractivity contribution in [3.63, 3.8) is 0 Å². The van der Waals surface area contributed by atoms with Gasteiger partial charge in [0.2, 0.25) is 5.91 Å². The second-order valence-corrected chi connectivity index (χ2v) is 9.30. The molecule has 1 aromatic carbocycles. The van der Waals surface area contributed by atoms with Gasteiger partial charge >= 0.3 is 0 Å². The quantitative estimate of drug-likeness (QED) is 0.260. The number of hydrogen-bond acceptors (Lipinski definition) is 6. The average Bonchev–Trinajstić information content (AvgIpc) is 3.42. The number of benzene rings is 1. The van der Waals surface area contributed by atoms with Crippen LogP contribution in [-0.4, -0.2) is 53.7 Å². The van der Waals surface area contributed by atoms with Crippen molar-refractivity contribution in [3.8, 4) is 11.3 Å². The summed E-state index contributed by atoms with van der Waals surface area (Å²) in [6.45, 7) is 2.62. The maximum Gasteiger partial charge on any atom is 0.231 e. The minimum absolute atomic E-state index is 0.0643. The van der Waals surface area contributed by atoms with Crippen LogP contribution in [-0.2, 0) is 29.3 Å². The number of nitrogens with zero attached hydrogens (tertiary/aromatic N) is 5. The standard InChI is InChI=1S/C23H24F3N5O3Si/c1-35-9-8-34-13-31-21(16-4-6-27-28-11-16)17(12-32)22(29-31)30-7-5-15(23(30)33)10-14-2-3-18(24)20(26)19(14)25/h2-4,6,11,15,32H,5,7-10,12-13H2,1H3. The van der Waals surface area contributed by atoms with Gasteiger partial charge in [0, 0.05) is 39.7 Å². The second-order valence-electron chi connectivity index (χ2n) is 8.09. The summed E-state index contributed by atoms with van der Waals surface area (Å²) in [5, 5.41) is 22.5. The van der Waals surface area contributed by atoms with Gasteiger partial charge in [-0.15, -0.1) is 0 Å². The number of aliphatic hydroxyl groups excluding tert-OH is 1. The highest BCUT2D eigenvalue weighted by atomic mass is 28.2. The topological polar surface area (TPSA) is 93.4 Å². The van der Waals surface area contributed by atoms with Crippen LogP contribution in [0, 0.1) is 23.4 Å². The Labute approximate surface area is 202 Å². The Morgan fingerprint density at radius 1 is 1.20 bits per heavy atom. The van der Waals surface area contributed by atoms with Crippen LogP contribution in [0.4, 0.5) is 19.0 Å². The fraction of sp³-hybridized carbons (Fsp3) is 0.391. The molecule has 1 N–H and O–H groups in total. The highest BCUT2D eigenvalue weighted by Gasteiger charge is 2.37. The summed E-state index contributed by atoms with van der Waals surface area (Å²) in [5.74, 6) is -4.80. The smallest absolute Gasteiger partial charge is 0.231 e. The van der Waals surface area contributed by atoms with Crippen LogP contribution in [0.5, 0.6) is 0 Å². The molecule has 2 aromatic heterocycles. The molecule has 1 fully saturated rings. The molecule has 1 unspecified atom stereocenters. The molecule has 2 radical (unpaired) electrons. The average molecular weight is 504 g/mol. The zero-order valence-electron chi connectivity index (χ0n) is 19.0. The van der Waals surface area contributed by atoms with Crippen LogP contribution >= 0.6 is 0 Å². The van der Waals surface area contributed by atoms with E-state index in [9.17, 15) is 23.1 Å². The Balaban J connectivity index is 1.63. The van der Waals surface area contributed by atoms with E-state index in [0.29, 0.717) is 29.8 Å². The van der Waals surface area contributed by atoms with E-state index in [-0.39, 0.29) is 37.0 Å². The van der Waals surface area contributed by atoms with Gasteiger partial charge in [0.15, 0.2) is 23.3 Å². The van der Waals surface area contributed by atoms with Crippen LogP contribution in [0.15, 0.2) is 30.6 Å². The third-order valence-electron chi connectivity index (χ3n) is 5.91. The molecule has 12 heteroatoms. The monoisotopic (exact) mass is 503 g/mol. The molecule has 184 valence electrons. The Morgan fingerprint density at radius 2 is 2.03 bits per heavy atom. The van der Waals surface area contributed by atoms with E-state index < -0.39 is 30.0 Å². The molecule has 4 rings (SSSR count). The molecular weight excluding hydrogens is 479 g/mol. The normalized spacial score (nSPS) is 15.9. The van der Waals surface area contributed by atoms with Gasteiger partial charge < -0.3 is 9.84 Å². The Morgan fingerprint density at radius 3 is 2.74 bits per heavy atom. The van der Waals surface area contributed by atoms with E-state index in [1.807, 2.05) is 0 Å². The van der Waals surface area contributed by atoms with Crippen molar-refractivity contribution in [3.05, 3.63) is 59.2 Å². The van der Waals surface area contributed by atoms with Gasteiger partial charge in [-0.3, -0.25) is 9.69 Å². The molecule has 0 spiro atoms. The lowest BCUT2D eigenvalue weighted by Gasteiger charge is -2.16. The fourth-order valence-electron chi connectivity index (χ4n) is 4.15. The molecule has 8 nitrogen and oxygen atoms in total. The van der Waals surface area contributed by atoms with Crippen molar-refractivity contribution in [1.82, 2.24) is 20.0 Å². The van der Waals surface area contributed by atoms with E-state index >= 15 is 0 Å². The zero-order chi connectivity index (χ0) is 24.9. The minimum Gasteiger partial charge on any atom is -0.391 e. The number of carbonyl (C=O) groups excluding carboxylic acids is 1. The van der Waals surface area contributed by atoms with E-state index in [2.05, 4.69) is 21.8 Å². The molecule has 1 aliphatic heterocycles. The third kappa shape index (κ3) is 5.14. The van der Waals surface area contributed by atoms with Crippen molar-refractivity contribution < 1.29 is 27.8 Å². The van der Waals surface area contributed by atoms with E-state index in [1.54, 1.807) is 10.7 Å². The molecule has 3 aromatic rings. The van der Waals surface area contributed by atoms with Crippen LogP contribution in [0.1, 0.15) is 17.5 Å². The van der Waals surface area contributed by atoms with Gasteiger partial charge in [-0.25, -0.2) is 17.9 Å². The number of halogens is 3. The maximum absolute atomic E-state index is 14.2. The van der Waals surface area contributed by atoms with Crippen LogP contribution in [0.2, 0.25) is 12.6 Å². The van der Waals surface area contributed by atoms with Crippen molar-refractivity contribution in [2.45, 2.75) is 38.8 Å². The Kier molecular flexibility index (Phi) is 7.93. The van der Waals surface area contributed by atoms with Crippen LogP contribution < -0.4 is 4.90 Å².